The monoisotopic (exact) mass is 477 g/mol. The summed E-state index contributed by atoms with van der Waals surface area (Å²) in [6, 6.07) is 18.6. The van der Waals surface area contributed by atoms with Crippen LogP contribution >= 0.6 is 0 Å². The molecular weight excluding hydrogens is 450 g/mol. The molecule has 2 heterocycles. The highest BCUT2D eigenvalue weighted by molar-refractivity contribution is 7.91. The second kappa shape index (κ2) is 9.36. The number of rotatable bonds is 7. The van der Waals surface area contributed by atoms with Gasteiger partial charge in [0, 0.05) is 19.3 Å². The summed E-state index contributed by atoms with van der Waals surface area (Å²) in [6.45, 7) is 2.01. The van der Waals surface area contributed by atoms with Crippen LogP contribution in [0.2, 0.25) is 0 Å². The van der Waals surface area contributed by atoms with Crippen LogP contribution in [0.4, 0.5) is 5.82 Å². The Labute approximate surface area is 198 Å². The van der Waals surface area contributed by atoms with Gasteiger partial charge < -0.3 is 10.2 Å². The van der Waals surface area contributed by atoms with Crippen molar-refractivity contribution in [1.29, 1.82) is 0 Å². The first-order valence-electron chi connectivity index (χ1n) is 10.8. The predicted molar refractivity (Wildman–Crippen MR) is 133 cm³/mol. The normalized spacial score (nSPS) is 13.7. The molecule has 34 heavy (non-hydrogen) atoms. The highest BCUT2D eigenvalue weighted by Crippen LogP contribution is 2.28. The van der Waals surface area contributed by atoms with Crippen LogP contribution in [0.15, 0.2) is 87.5 Å². The maximum Gasteiger partial charge on any atom is 0.276 e. The molecule has 9 heteroatoms. The van der Waals surface area contributed by atoms with Gasteiger partial charge in [-0.1, -0.05) is 30.3 Å². The Morgan fingerprint density at radius 2 is 1.59 bits per heavy atom. The van der Waals surface area contributed by atoms with E-state index in [1.807, 2.05) is 33.2 Å². The number of pyridine rings is 1. The second-order valence-electron chi connectivity index (χ2n) is 8.40. The summed E-state index contributed by atoms with van der Waals surface area (Å²) < 4.78 is 27.2. The number of hydrogen-bond acceptors (Lipinski definition) is 7. The minimum absolute atomic E-state index is 0.105. The number of nitrogens with zero attached hydrogens (tertiary/aromatic N) is 4. The molecule has 0 aliphatic heterocycles. The zero-order valence-corrected chi connectivity index (χ0v) is 20.3. The Hall–Kier alpha value is -3.56. The van der Waals surface area contributed by atoms with Crippen LogP contribution in [0, 0.1) is 0 Å². The molecule has 0 bridgehead atoms. The van der Waals surface area contributed by atoms with Gasteiger partial charge in [-0.3, -0.25) is 9.78 Å². The maximum atomic E-state index is 12.9. The Kier molecular flexibility index (Phi) is 6.49. The third-order valence-corrected chi connectivity index (χ3v) is 7.57. The standard InChI is InChI=1S/C25H27N5O3S/c1-17(27-24-22-21(11-8-16-26-22)25(31)30(4)28-24)23(29(2)3)18-12-14-20(15-13-18)34(32,33)19-9-6-5-7-10-19/h5-17,23H,1-4H3,(H,27,28). The lowest BCUT2D eigenvalue weighted by atomic mass is 9.99. The van der Waals surface area contributed by atoms with Crippen molar-refractivity contribution in [3.8, 4) is 0 Å². The first-order valence-corrected chi connectivity index (χ1v) is 12.3. The highest BCUT2D eigenvalue weighted by atomic mass is 32.2. The molecule has 8 nitrogen and oxygen atoms in total. The summed E-state index contributed by atoms with van der Waals surface area (Å²) in [5, 5.41) is 8.29. The fourth-order valence-electron chi connectivity index (χ4n) is 4.19. The molecule has 0 spiro atoms. The van der Waals surface area contributed by atoms with E-state index in [9.17, 15) is 13.2 Å². The van der Waals surface area contributed by atoms with Crippen molar-refractivity contribution in [1.82, 2.24) is 19.7 Å². The minimum Gasteiger partial charge on any atom is -0.362 e. The van der Waals surface area contributed by atoms with Crippen molar-refractivity contribution in [2.24, 2.45) is 7.05 Å². The molecule has 0 aliphatic rings. The van der Waals surface area contributed by atoms with Gasteiger partial charge in [-0.05, 0) is 63.0 Å². The Bertz CT molecular complexity index is 1470. The number of sulfone groups is 1. The zero-order chi connectivity index (χ0) is 24.5. The van der Waals surface area contributed by atoms with E-state index >= 15 is 0 Å². The van der Waals surface area contributed by atoms with E-state index in [1.54, 1.807) is 67.8 Å². The van der Waals surface area contributed by atoms with Crippen molar-refractivity contribution < 1.29 is 8.42 Å². The molecular formula is C25H27N5O3S. The maximum absolute atomic E-state index is 12.9. The van der Waals surface area contributed by atoms with Crippen LogP contribution in [0.5, 0.6) is 0 Å². The quantitative estimate of drug-likeness (QED) is 0.436. The van der Waals surface area contributed by atoms with Crippen LogP contribution in [0.1, 0.15) is 18.5 Å². The van der Waals surface area contributed by atoms with E-state index in [4.69, 9.17) is 0 Å². The SMILES string of the molecule is CC(Nc1nn(C)c(=O)c2cccnc12)C(c1ccc(S(=O)(=O)c2ccccc2)cc1)N(C)C. The number of aromatic nitrogens is 3. The molecule has 0 aliphatic carbocycles. The van der Waals surface area contributed by atoms with Crippen LogP contribution in [0.25, 0.3) is 10.9 Å². The van der Waals surface area contributed by atoms with E-state index in [0.29, 0.717) is 16.7 Å². The average Bonchev–Trinajstić information content (AvgIpc) is 2.83. The molecule has 2 unspecified atom stereocenters. The van der Waals surface area contributed by atoms with Gasteiger partial charge in [-0.15, -0.1) is 0 Å². The molecule has 1 N–H and O–H groups in total. The molecule has 4 aromatic rings. The molecule has 0 fully saturated rings. The highest BCUT2D eigenvalue weighted by Gasteiger charge is 2.25. The largest absolute Gasteiger partial charge is 0.362 e. The van der Waals surface area contributed by atoms with Gasteiger partial charge in [0.1, 0.15) is 5.52 Å². The zero-order valence-electron chi connectivity index (χ0n) is 19.5. The topological polar surface area (TPSA) is 97.2 Å². The molecule has 0 amide bonds. The number of nitrogens with one attached hydrogen (secondary N) is 1. The lowest BCUT2D eigenvalue weighted by molar-refractivity contribution is 0.275. The summed E-state index contributed by atoms with van der Waals surface area (Å²) in [5.41, 5.74) is 1.25. The van der Waals surface area contributed by atoms with Crippen LogP contribution in [0.3, 0.4) is 0 Å². The number of likely N-dealkylation sites (N-methyl/N-ethyl adjacent to an activating group) is 1. The van der Waals surface area contributed by atoms with Gasteiger partial charge in [0.2, 0.25) is 9.84 Å². The van der Waals surface area contributed by atoms with Crippen molar-refractivity contribution in [2.75, 3.05) is 19.4 Å². The van der Waals surface area contributed by atoms with Crippen molar-refractivity contribution in [3.63, 3.8) is 0 Å². The Morgan fingerprint density at radius 3 is 2.24 bits per heavy atom. The lowest BCUT2D eigenvalue weighted by Crippen LogP contribution is -2.35. The lowest BCUT2D eigenvalue weighted by Gasteiger charge is -2.31. The summed E-state index contributed by atoms with van der Waals surface area (Å²) >= 11 is 0. The Balaban J connectivity index is 1.65. The van der Waals surface area contributed by atoms with Gasteiger partial charge in [0.25, 0.3) is 5.56 Å². The van der Waals surface area contributed by atoms with Crippen LogP contribution in [-0.4, -0.2) is 48.2 Å². The first kappa shape index (κ1) is 23.6. The fraction of sp³-hybridized carbons (Fsp3) is 0.240. The third-order valence-electron chi connectivity index (χ3n) is 5.79. The summed E-state index contributed by atoms with van der Waals surface area (Å²) in [4.78, 5) is 19.3. The molecule has 0 saturated heterocycles. The van der Waals surface area contributed by atoms with E-state index in [1.165, 1.54) is 4.68 Å². The van der Waals surface area contributed by atoms with Crippen LogP contribution < -0.4 is 10.9 Å². The number of benzene rings is 2. The van der Waals surface area contributed by atoms with Gasteiger partial charge in [-0.25, -0.2) is 13.1 Å². The molecule has 0 saturated carbocycles. The molecule has 4 rings (SSSR count). The predicted octanol–water partition coefficient (Wildman–Crippen LogP) is 3.26. The molecule has 176 valence electrons. The van der Waals surface area contributed by atoms with Gasteiger partial charge in [-0.2, -0.15) is 5.10 Å². The second-order valence-corrected chi connectivity index (χ2v) is 10.4. The summed E-state index contributed by atoms with van der Waals surface area (Å²) in [5.74, 6) is 0.514. The van der Waals surface area contributed by atoms with Gasteiger partial charge >= 0.3 is 0 Å². The number of aryl methyl sites for hydroxylation is 1. The fourth-order valence-corrected chi connectivity index (χ4v) is 5.47. The molecule has 2 aromatic heterocycles. The smallest absolute Gasteiger partial charge is 0.276 e. The first-order chi connectivity index (χ1) is 16.2. The van der Waals surface area contributed by atoms with Gasteiger partial charge in [0.05, 0.1) is 21.2 Å². The average molecular weight is 478 g/mol. The molecule has 0 radical (unpaired) electrons. The van der Waals surface area contributed by atoms with Crippen molar-refractivity contribution in [3.05, 3.63) is 88.8 Å². The van der Waals surface area contributed by atoms with E-state index in [-0.39, 0.29) is 27.4 Å². The Morgan fingerprint density at radius 1 is 0.941 bits per heavy atom. The summed E-state index contributed by atoms with van der Waals surface area (Å²) in [6.07, 6.45) is 1.63. The number of anilines is 1. The molecule has 2 atom stereocenters. The number of fused-ring (bicyclic) bond motifs is 1. The molecule has 2 aromatic carbocycles. The van der Waals surface area contributed by atoms with Crippen LogP contribution in [-0.2, 0) is 16.9 Å². The number of hydrogen-bond donors (Lipinski definition) is 1. The third kappa shape index (κ3) is 4.44. The van der Waals surface area contributed by atoms with Crippen molar-refractivity contribution in [2.45, 2.75) is 28.8 Å². The van der Waals surface area contributed by atoms with E-state index in [2.05, 4.69) is 20.3 Å². The minimum atomic E-state index is -3.58. The van der Waals surface area contributed by atoms with Gasteiger partial charge in [0.15, 0.2) is 5.82 Å². The van der Waals surface area contributed by atoms with Crippen molar-refractivity contribution >= 4 is 26.6 Å². The van der Waals surface area contributed by atoms with E-state index < -0.39 is 9.84 Å². The van der Waals surface area contributed by atoms with E-state index in [0.717, 1.165) is 5.56 Å². The summed E-state index contributed by atoms with van der Waals surface area (Å²) in [7, 11) is 1.95.